The van der Waals surface area contributed by atoms with Crippen molar-refractivity contribution in [2.45, 2.75) is 18.8 Å². The summed E-state index contributed by atoms with van der Waals surface area (Å²) >= 11 is 5.83. The van der Waals surface area contributed by atoms with E-state index >= 15 is 0 Å². The molecule has 1 aromatic heterocycles. The van der Waals surface area contributed by atoms with Crippen molar-refractivity contribution in [3.8, 4) is 0 Å². The first-order chi connectivity index (χ1) is 9.02. The lowest BCUT2D eigenvalue weighted by atomic mass is 10.3. The van der Waals surface area contributed by atoms with Gasteiger partial charge < -0.3 is 9.47 Å². The Kier molecular flexibility index (Phi) is 4.37. The van der Waals surface area contributed by atoms with Crippen LogP contribution < -0.4 is 0 Å². The molecular formula is C13H16ClF2N3. The van der Waals surface area contributed by atoms with E-state index in [1.807, 2.05) is 14.1 Å². The van der Waals surface area contributed by atoms with Gasteiger partial charge in [0.15, 0.2) is 5.82 Å². The molecule has 19 heavy (non-hydrogen) atoms. The third-order valence-corrected chi connectivity index (χ3v) is 3.20. The molecule has 0 fully saturated rings. The molecule has 0 bridgehead atoms. The van der Waals surface area contributed by atoms with E-state index in [4.69, 9.17) is 11.6 Å². The molecular weight excluding hydrogens is 272 g/mol. The van der Waals surface area contributed by atoms with E-state index in [-0.39, 0.29) is 11.4 Å². The second-order valence-corrected chi connectivity index (χ2v) is 4.99. The van der Waals surface area contributed by atoms with E-state index in [0.717, 1.165) is 19.0 Å². The van der Waals surface area contributed by atoms with Crippen molar-refractivity contribution in [2.24, 2.45) is 0 Å². The van der Waals surface area contributed by atoms with Crippen LogP contribution in [-0.2, 0) is 12.4 Å². The average Bonchev–Trinajstić information content (AvgIpc) is 2.67. The molecule has 0 N–H and O–H groups in total. The fourth-order valence-electron chi connectivity index (χ4n) is 2.09. The molecule has 0 spiro atoms. The molecule has 0 aliphatic heterocycles. The van der Waals surface area contributed by atoms with Crippen LogP contribution in [0, 0.1) is 11.6 Å². The van der Waals surface area contributed by atoms with Gasteiger partial charge in [-0.05, 0) is 33.1 Å². The number of aryl methyl sites for hydroxylation is 1. The van der Waals surface area contributed by atoms with Crippen LogP contribution in [0.1, 0.15) is 12.2 Å². The molecule has 0 amide bonds. The number of aromatic nitrogens is 2. The van der Waals surface area contributed by atoms with Crippen LogP contribution in [-0.4, -0.2) is 35.1 Å². The summed E-state index contributed by atoms with van der Waals surface area (Å²) in [5.74, 6) is -0.495. The lowest BCUT2D eigenvalue weighted by Gasteiger charge is -2.11. The van der Waals surface area contributed by atoms with Gasteiger partial charge in [-0.3, -0.25) is 0 Å². The van der Waals surface area contributed by atoms with E-state index in [9.17, 15) is 8.78 Å². The van der Waals surface area contributed by atoms with E-state index in [1.54, 1.807) is 4.57 Å². The zero-order valence-corrected chi connectivity index (χ0v) is 11.7. The number of halogens is 3. The lowest BCUT2D eigenvalue weighted by molar-refractivity contribution is 0.386. The Morgan fingerprint density at radius 1 is 1.32 bits per heavy atom. The highest BCUT2D eigenvalue weighted by molar-refractivity contribution is 6.16. The Morgan fingerprint density at radius 2 is 2.05 bits per heavy atom. The molecule has 2 aromatic rings. The topological polar surface area (TPSA) is 21.1 Å². The molecule has 0 saturated heterocycles. The average molecular weight is 288 g/mol. The van der Waals surface area contributed by atoms with Crippen LogP contribution in [0.4, 0.5) is 8.78 Å². The number of fused-ring (bicyclic) bond motifs is 1. The van der Waals surface area contributed by atoms with Crippen LogP contribution in [0.2, 0.25) is 0 Å². The standard InChI is InChI=1S/C13H16ClF2N3/c1-18(2)4-3-5-19-11-7-9(15)6-10(16)13(11)17-12(19)8-14/h6-7H,3-5,8H2,1-2H3. The minimum absolute atomic E-state index is 0.178. The first-order valence-corrected chi connectivity index (χ1v) is 6.61. The maximum absolute atomic E-state index is 13.7. The van der Waals surface area contributed by atoms with Crippen LogP contribution in [0.25, 0.3) is 11.0 Å². The molecule has 6 heteroatoms. The van der Waals surface area contributed by atoms with Gasteiger partial charge in [-0.1, -0.05) is 0 Å². The quantitative estimate of drug-likeness (QED) is 0.788. The summed E-state index contributed by atoms with van der Waals surface area (Å²) < 4.78 is 28.8. The molecule has 0 radical (unpaired) electrons. The summed E-state index contributed by atoms with van der Waals surface area (Å²) in [6.45, 7) is 1.53. The number of alkyl halides is 1. The minimum Gasteiger partial charge on any atom is -0.327 e. The first kappa shape index (κ1) is 14.2. The van der Waals surface area contributed by atoms with Gasteiger partial charge in [-0.25, -0.2) is 13.8 Å². The molecule has 0 saturated carbocycles. The number of imidazole rings is 1. The van der Waals surface area contributed by atoms with Crippen molar-refractivity contribution in [2.75, 3.05) is 20.6 Å². The number of rotatable bonds is 5. The summed E-state index contributed by atoms with van der Waals surface area (Å²) in [7, 11) is 3.96. The van der Waals surface area contributed by atoms with E-state index in [2.05, 4.69) is 9.88 Å². The highest BCUT2D eigenvalue weighted by Crippen LogP contribution is 2.22. The predicted molar refractivity (Wildman–Crippen MR) is 72.4 cm³/mol. The van der Waals surface area contributed by atoms with Crippen LogP contribution in [0.3, 0.4) is 0 Å². The summed E-state index contributed by atoms with van der Waals surface area (Å²) in [6.07, 6.45) is 0.862. The normalized spacial score (nSPS) is 11.7. The molecule has 0 atom stereocenters. The van der Waals surface area contributed by atoms with Crippen molar-refractivity contribution < 1.29 is 8.78 Å². The Labute approximate surface area is 115 Å². The second-order valence-electron chi connectivity index (χ2n) is 4.73. The molecule has 0 aliphatic rings. The second kappa shape index (κ2) is 5.84. The molecule has 1 heterocycles. The van der Waals surface area contributed by atoms with Crippen molar-refractivity contribution in [1.82, 2.24) is 14.5 Å². The fourth-order valence-corrected chi connectivity index (χ4v) is 2.30. The number of hydrogen-bond acceptors (Lipinski definition) is 2. The zero-order valence-electron chi connectivity index (χ0n) is 11.0. The molecule has 104 valence electrons. The Balaban J connectivity index is 2.39. The number of hydrogen-bond donors (Lipinski definition) is 0. The van der Waals surface area contributed by atoms with Gasteiger partial charge in [0.25, 0.3) is 0 Å². The van der Waals surface area contributed by atoms with Crippen molar-refractivity contribution in [3.05, 3.63) is 29.6 Å². The van der Waals surface area contributed by atoms with Gasteiger partial charge in [-0.15, -0.1) is 11.6 Å². The molecule has 0 unspecified atom stereocenters. The van der Waals surface area contributed by atoms with Crippen LogP contribution >= 0.6 is 11.6 Å². The number of nitrogens with zero attached hydrogens (tertiary/aromatic N) is 3. The predicted octanol–water partition coefficient (Wildman–Crippen LogP) is 3.01. The number of benzene rings is 1. The van der Waals surface area contributed by atoms with Crippen molar-refractivity contribution >= 4 is 22.6 Å². The smallest absolute Gasteiger partial charge is 0.153 e. The Hall–Kier alpha value is -1.20. The summed E-state index contributed by atoms with van der Waals surface area (Å²) in [5.41, 5.74) is 0.647. The van der Waals surface area contributed by atoms with Gasteiger partial charge in [0.1, 0.15) is 17.2 Å². The summed E-state index contributed by atoms with van der Waals surface area (Å²) in [6, 6.07) is 2.15. The van der Waals surface area contributed by atoms with E-state index in [1.165, 1.54) is 6.07 Å². The van der Waals surface area contributed by atoms with Gasteiger partial charge in [0.2, 0.25) is 0 Å². The monoisotopic (exact) mass is 287 g/mol. The maximum atomic E-state index is 13.7. The molecule has 1 aromatic carbocycles. The van der Waals surface area contributed by atoms with E-state index < -0.39 is 11.6 Å². The molecule has 0 aliphatic carbocycles. The molecule has 3 nitrogen and oxygen atoms in total. The highest BCUT2D eigenvalue weighted by atomic mass is 35.5. The summed E-state index contributed by atoms with van der Waals surface area (Å²) in [4.78, 5) is 6.20. The van der Waals surface area contributed by atoms with Crippen LogP contribution in [0.15, 0.2) is 12.1 Å². The Bertz CT molecular complexity index is 581. The largest absolute Gasteiger partial charge is 0.327 e. The first-order valence-electron chi connectivity index (χ1n) is 6.07. The van der Waals surface area contributed by atoms with Gasteiger partial charge in [0, 0.05) is 12.6 Å². The SMILES string of the molecule is CN(C)CCCn1c(CCl)nc2c(F)cc(F)cc21. The Morgan fingerprint density at radius 3 is 2.68 bits per heavy atom. The van der Waals surface area contributed by atoms with Crippen molar-refractivity contribution in [3.63, 3.8) is 0 Å². The van der Waals surface area contributed by atoms with E-state index in [0.29, 0.717) is 17.9 Å². The summed E-state index contributed by atoms with van der Waals surface area (Å²) in [5, 5.41) is 0. The lowest BCUT2D eigenvalue weighted by Crippen LogP contribution is -2.15. The van der Waals surface area contributed by atoms with Gasteiger partial charge in [0.05, 0.1) is 11.4 Å². The highest BCUT2D eigenvalue weighted by Gasteiger charge is 2.14. The van der Waals surface area contributed by atoms with Crippen molar-refractivity contribution in [1.29, 1.82) is 0 Å². The zero-order chi connectivity index (χ0) is 14.0. The maximum Gasteiger partial charge on any atom is 0.153 e. The van der Waals surface area contributed by atoms with Crippen LogP contribution in [0.5, 0.6) is 0 Å². The third kappa shape index (κ3) is 3.04. The molecule has 2 rings (SSSR count). The van der Waals surface area contributed by atoms with Gasteiger partial charge in [-0.2, -0.15) is 0 Å². The third-order valence-electron chi connectivity index (χ3n) is 2.96. The fraction of sp³-hybridized carbons (Fsp3) is 0.462. The van der Waals surface area contributed by atoms with Gasteiger partial charge >= 0.3 is 0 Å². The minimum atomic E-state index is -0.646.